The van der Waals surface area contributed by atoms with Crippen molar-refractivity contribution in [2.75, 3.05) is 13.7 Å². The molecule has 0 amide bonds. The Labute approximate surface area is 148 Å². The first-order valence-electron chi connectivity index (χ1n) is 7.06. The summed E-state index contributed by atoms with van der Waals surface area (Å²) >= 11 is 13.8. The maximum absolute atomic E-state index is 6.12. The van der Waals surface area contributed by atoms with Gasteiger partial charge in [0.15, 0.2) is 5.16 Å². The number of thioether (sulfide) groups is 1. The van der Waals surface area contributed by atoms with Crippen LogP contribution in [0.3, 0.4) is 0 Å². The molecule has 7 heteroatoms. The largest absolute Gasteiger partial charge is 0.383 e. The molecule has 0 unspecified atom stereocenters. The second kappa shape index (κ2) is 7.53. The maximum atomic E-state index is 6.12. The maximum Gasteiger partial charge on any atom is 0.169 e. The van der Waals surface area contributed by atoms with Crippen LogP contribution in [0.25, 0.3) is 11.0 Å². The van der Waals surface area contributed by atoms with Crippen LogP contribution >= 0.6 is 35.0 Å². The van der Waals surface area contributed by atoms with Crippen molar-refractivity contribution < 1.29 is 4.74 Å². The zero-order valence-corrected chi connectivity index (χ0v) is 14.8. The standard InChI is InChI=1S/C16H15Cl2N3OS/c1-22-8-7-21-14-5-4-12(17)9-13(14)20-16(21)23-10-11-3-2-6-19-15(11)18/h2-6,9H,7-8,10H2,1H3. The highest BCUT2D eigenvalue weighted by Gasteiger charge is 2.12. The lowest BCUT2D eigenvalue weighted by Crippen LogP contribution is -2.05. The molecular formula is C16H15Cl2N3OS. The van der Waals surface area contributed by atoms with Gasteiger partial charge in [-0.25, -0.2) is 9.97 Å². The summed E-state index contributed by atoms with van der Waals surface area (Å²) in [7, 11) is 1.69. The predicted molar refractivity (Wildman–Crippen MR) is 95.4 cm³/mol. The van der Waals surface area contributed by atoms with Crippen LogP contribution in [-0.4, -0.2) is 28.3 Å². The smallest absolute Gasteiger partial charge is 0.169 e. The summed E-state index contributed by atoms with van der Waals surface area (Å²) in [6.45, 7) is 1.35. The minimum absolute atomic E-state index is 0.530. The first-order valence-corrected chi connectivity index (χ1v) is 8.80. The fourth-order valence-electron chi connectivity index (χ4n) is 2.26. The highest BCUT2D eigenvalue weighted by Crippen LogP contribution is 2.29. The fourth-order valence-corrected chi connectivity index (χ4v) is 3.72. The molecule has 0 N–H and O–H groups in total. The summed E-state index contributed by atoms with van der Waals surface area (Å²) in [5.74, 6) is 0.705. The number of imidazole rings is 1. The molecule has 0 bridgehead atoms. The van der Waals surface area contributed by atoms with Gasteiger partial charge >= 0.3 is 0 Å². The molecule has 0 saturated carbocycles. The van der Waals surface area contributed by atoms with Gasteiger partial charge in [-0.05, 0) is 29.8 Å². The molecule has 120 valence electrons. The Morgan fingerprint density at radius 3 is 2.91 bits per heavy atom. The molecule has 2 heterocycles. The van der Waals surface area contributed by atoms with Crippen LogP contribution in [-0.2, 0) is 17.0 Å². The molecule has 2 aromatic heterocycles. The van der Waals surface area contributed by atoms with Gasteiger partial charge in [0.1, 0.15) is 5.15 Å². The van der Waals surface area contributed by atoms with E-state index in [0.29, 0.717) is 22.5 Å². The van der Waals surface area contributed by atoms with Gasteiger partial charge in [-0.3, -0.25) is 0 Å². The van der Waals surface area contributed by atoms with Gasteiger partial charge in [-0.1, -0.05) is 41.0 Å². The molecule has 3 aromatic rings. The van der Waals surface area contributed by atoms with E-state index in [2.05, 4.69) is 9.55 Å². The number of aromatic nitrogens is 3. The second-order valence-corrected chi connectivity index (χ2v) is 6.65. The number of ether oxygens (including phenoxy) is 1. The summed E-state index contributed by atoms with van der Waals surface area (Å²) in [5, 5.41) is 2.13. The highest BCUT2D eigenvalue weighted by molar-refractivity contribution is 7.98. The van der Waals surface area contributed by atoms with Gasteiger partial charge < -0.3 is 9.30 Å². The zero-order valence-electron chi connectivity index (χ0n) is 12.5. The van der Waals surface area contributed by atoms with Crippen molar-refractivity contribution >= 4 is 46.0 Å². The molecule has 0 spiro atoms. The molecule has 1 aromatic carbocycles. The zero-order chi connectivity index (χ0) is 16.2. The molecule has 0 radical (unpaired) electrons. The van der Waals surface area contributed by atoms with E-state index in [9.17, 15) is 0 Å². The van der Waals surface area contributed by atoms with Gasteiger partial charge in [0.25, 0.3) is 0 Å². The van der Waals surface area contributed by atoms with Crippen LogP contribution < -0.4 is 0 Å². The lowest BCUT2D eigenvalue weighted by molar-refractivity contribution is 0.186. The Morgan fingerprint density at radius 2 is 2.13 bits per heavy atom. The number of fused-ring (bicyclic) bond motifs is 1. The van der Waals surface area contributed by atoms with Crippen LogP contribution in [0.4, 0.5) is 0 Å². The number of rotatable bonds is 6. The van der Waals surface area contributed by atoms with E-state index < -0.39 is 0 Å². The van der Waals surface area contributed by atoms with Crippen molar-refractivity contribution in [1.29, 1.82) is 0 Å². The van der Waals surface area contributed by atoms with Gasteiger partial charge in [0.05, 0.1) is 17.6 Å². The van der Waals surface area contributed by atoms with E-state index in [1.807, 2.05) is 30.3 Å². The molecule has 0 atom stereocenters. The van der Waals surface area contributed by atoms with Crippen LogP contribution in [0.1, 0.15) is 5.56 Å². The summed E-state index contributed by atoms with van der Waals surface area (Å²) < 4.78 is 7.35. The average molecular weight is 368 g/mol. The monoisotopic (exact) mass is 367 g/mol. The predicted octanol–water partition coefficient (Wildman–Crippen LogP) is 4.68. The molecule has 3 rings (SSSR count). The highest BCUT2D eigenvalue weighted by atomic mass is 35.5. The van der Waals surface area contributed by atoms with Crippen molar-refractivity contribution in [3.63, 3.8) is 0 Å². The van der Waals surface area contributed by atoms with Gasteiger partial charge in [0.2, 0.25) is 0 Å². The molecule has 0 aliphatic heterocycles. The first kappa shape index (κ1) is 16.6. The molecule has 0 saturated heterocycles. The average Bonchev–Trinajstić information content (AvgIpc) is 2.88. The number of benzene rings is 1. The summed E-state index contributed by atoms with van der Waals surface area (Å²) in [5.41, 5.74) is 2.92. The number of methoxy groups -OCH3 is 1. The third kappa shape index (κ3) is 3.80. The van der Waals surface area contributed by atoms with E-state index in [1.54, 1.807) is 25.1 Å². The Hall–Kier alpha value is -1.27. The fraction of sp³-hybridized carbons (Fsp3) is 0.250. The second-order valence-electron chi connectivity index (χ2n) is 4.91. The molecule has 23 heavy (non-hydrogen) atoms. The Bertz CT molecular complexity index is 822. The van der Waals surface area contributed by atoms with Crippen LogP contribution in [0.2, 0.25) is 10.2 Å². The Kier molecular flexibility index (Phi) is 5.43. The Morgan fingerprint density at radius 1 is 1.26 bits per heavy atom. The molecule has 0 aliphatic carbocycles. The number of nitrogens with zero attached hydrogens (tertiary/aromatic N) is 3. The first-order chi connectivity index (χ1) is 11.2. The summed E-state index contributed by atoms with van der Waals surface area (Å²) in [4.78, 5) is 8.80. The van der Waals surface area contributed by atoms with E-state index >= 15 is 0 Å². The lowest BCUT2D eigenvalue weighted by atomic mass is 10.3. The van der Waals surface area contributed by atoms with Crippen molar-refractivity contribution in [2.24, 2.45) is 0 Å². The number of hydrogen-bond donors (Lipinski definition) is 0. The lowest BCUT2D eigenvalue weighted by Gasteiger charge is -2.08. The van der Waals surface area contributed by atoms with E-state index in [4.69, 9.17) is 32.9 Å². The third-order valence-electron chi connectivity index (χ3n) is 3.39. The molecule has 0 fully saturated rings. The van der Waals surface area contributed by atoms with E-state index in [0.717, 1.165) is 28.3 Å². The van der Waals surface area contributed by atoms with Gasteiger partial charge in [0, 0.05) is 30.6 Å². The SMILES string of the molecule is COCCn1c(SCc2cccnc2Cl)nc2cc(Cl)ccc21. The quantitative estimate of drug-likeness (QED) is 0.468. The topological polar surface area (TPSA) is 39.9 Å². The Balaban J connectivity index is 1.90. The van der Waals surface area contributed by atoms with Crippen LogP contribution in [0.15, 0.2) is 41.7 Å². The minimum atomic E-state index is 0.530. The van der Waals surface area contributed by atoms with Crippen molar-refractivity contribution in [2.45, 2.75) is 17.5 Å². The van der Waals surface area contributed by atoms with Crippen molar-refractivity contribution in [3.8, 4) is 0 Å². The van der Waals surface area contributed by atoms with Gasteiger partial charge in [-0.15, -0.1) is 0 Å². The molecular weight excluding hydrogens is 353 g/mol. The number of hydrogen-bond acceptors (Lipinski definition) is 4. The van der Waals surface area contributed by atoms with Crippen LogP contribution in [0.5, 0.6) is 0 Å². The number of halogens is 2. The van der Waals surface area contributed by atoms with E-state index in [1.165, 1.54) is 0 Å². The van der Waals surface area contributed by atoms with Crippen molar-refractivity contribution in [3.05, 3.63) is 52.3 Å². The summed E-state index contributed by atoms with van der Waals surface area (Å²) in [6.07, 6.45) is 1.69. The summed E-state index contributed by atoms with van der Waals surface area (Å²) in [6, 6.07) is 9.60. The minimum Gasteiger partial charge on any atom is -0.383 e. The third-order valence-corrected chi connectivity index (χ3v) is 4.99. The molecule has 0 aliphatic rings. The van der Waals surface area contributed by atoms with Crippen molar-refractivity contribution in [1.82, 2.24) is 14.5 Å². The molecule has 4 nitrogen and oxygen atoms in total. The van der Waals surface area contributed by atoms with Gasteiger partial charge in [-0.2, -0.15) is 0 Å². The van der Waals surface area contributed by atoms with E-state index in [-0.39, 0.29) is 0 Å². The van der Waals surface area contributed by atoms with Crippen LogP contribution in [0, 0.1) is 0 Å². The number of pyridine rings is 1. The normalized spacial score (nSPS) is 11.3.